The molecule has 0 bridgehead atoms. The zero-order valence-corrected chi connectivity index (χ0v) is 14.0. The van der Waals surface area contributed by atoms with E-state index in [1.807, 2.05) is 26.0 Å². The number of likely N-dealkylation sites (N-methyl/N-ethyl adjacent to an activating group) is 1. The summed E-state index contributed by atoms with van der Waals surface area (Å²) in [5.41, 5.74) is 2.10. The quantitative estimate of drug-likeness (QED) is 0.817. The van der Waals surface area contributed by atoms with E-state index in [4.69, 9.17) is 4.74 Å². The van der Waals surface area contributed by atoms with E-state index in [1.54, 1.807) is 25.1 Å². The van der Waals surface area contributed by atoms with Crippen LogP contribution in [-0.4, -0.2) is 41.8 Å². The van der Waals surface area contributed by atoms with Crippen LogP contribution in [0.4, 0.5) is 0 Å². The third-order valence-electron chi connectivity index (χ3n) is 4.41. The second-order valence-electron chi connectivity index (χ2n) is 5.64. The Bertz CT molecular complexity index is 663. The van der Waals surface area contributed by atoms with E-state index in [-0.39, 0.29) is 23.7 Å². The van der Waals surface area contributed by atoms with Gasteiger partial charge in [-0.3, -0.25) is 9.59 Å². The standard InChI is InChI=1S/C18H23NO4/c1-5-11-7-8-12(23-4)9-13(11)16(20)10-15-18(22)17(21)14(6-2)19(15)3/h7-9,15,21H,5-6,10H2,1-4H3. The lowest BCUT2D eigenvalue weighted by Gasteiger charge is -2.22. The van der Waals surface area contributed by atoms with E-state index < -0.39 is 6.04 Å². The van der Waals surface area contributed by atoms with Gasteiger partial charge in [-0.2, -0.15) is 0 Å². The maximum Gasteiger partial charge on any atom is 0.221 e. The molecule has 0 amide bonds. The Morgan fingerprint density at radius 3 is 2.52 bits per heavy atom. The molecule has 124 valence electrons. The summed E-state index contributed by atoms with van der Waals surface area (Å²) in [5.74, 6) is -0.0872. The van der Waals surface area contributed by atoms with Crippen molar-refractivity contribution in [2.45, 2.75) is 39.2 Å². The SMILES string of the molecule is CCC1=C(O)C(=O)C(CC(=O)c2cc(OC)ccc2CC)N1C. The Balaban J connectivity index is 2.25. The third-order valence-corrected chi connectivity index (χ3v) is 4.41. The van der Waals surface area contributed by atoms with Gasteiger partial charge in [0, 0.05) is 19.0 Å². The van der Waals surface area contributed by atoms with Gasteiger partial charge in [-0.15, -0.1) is 0 Å². The second kappa shape index (κ2) is 6.86. The summed E-state index contributed by atoms with van der Waals surface area (Å²) in [4.78, 5) is 26.6. The van der Waals surface area contributed by atoms with Gasteiger partial charge >= 0.3 is 0 Å². The zero-order valence-electron chi connectivity index (χ0n) is 14.0. The van der Waals surface area contributed by atoms with Crippen LogP contribution >= 0.6 is 0 Å². The molecular formula is C18H23NO4. The molecule has 1 aliphatic heterocycles. The number of nitrogens with zero attached hydrogens (tertiary/aromatic N) is 1. The van der Waals surface area contributed by atoms with Gasteiger partial charge in [0.2, 0.25) is 5.78 Å². The molecule has 0 fully saturated rings. The number of hydrogen-bond acceptors (Lipinski definition) is 5. The first kappa shape index (κ1) is 17.1. The van der Waals surface area contributed by atoms with E-state index in [2.05, 4.69) is 0 Å². The summed E-state index contributed by atoms with van der Waals surface area (Å²) < 4.78 is 5.19. The molecule has 5 nitrogen and oxygen atoms in total. The summed E-state index contributed by atoms with van der Waals surface area (Å²) in [6, 6.07) is 4.78. The van der Waals surface area contributed by atoms with Crippen LogP contribution in [0.1, 0.15) is 42.6 Å². The van der Waals surface area contributed by atoms with Crippen LogP contribution in [0, 0.1) is 0 Å². The van der Waals surface area contributed by atoms with Gasteiger partial charge in [0.25, 0.3) is 0 Å². The number of Topliss-reactive ketones (excluding diaryl/α,β-unsaturated/α-hetero) is 2. The zero-order chi connectivity index (χ0) is 17.1. The number of aliphatic hydroxyl groups excluding tert-OH is 1. The number of methoxy groups -OCH3 is 1. The molecule has 0 aromatic heterocycles. The molecule has 1 N–H and O–H groups in total. The van der Waals surface area contributed by atoms with Crippen LogP contribution in [0.5, 0.6) is 5.75 Å². The molecule has 23 heavy (non-hydrogen) atoms. The minimum atomic E-state index is -0.631. The van der Waals surface area contributed by atoms with Crippen molar-refractivity contribution in [1.29, 1.82) is 0 Å². The average Bonchev–Trinajstić information content (AvgIpc) is 2.77. The van der Waals surface area contributed by atoms with Gasteiger partial charge in [-0.25, -0.2) is 0 Å². The van der Waals surface area contributed by atoms with Crippen molar-refractivity contribution in [3.05, 3.63) is 40.8 Å². The molecule has 0 aliphatic carbocycles. The number of aryl methyl sites for hydroxylation is 1. The van der Waals surface area contributed by atoms with Crippen LogP contribution in [0.3, 0.4) is 0 Å². The highest BCUT2D eigenvalue weighted by molar-refractivity contribution is 6.06. The molecule has 0 saturated heterocycles. The predicted octanol–water partition coefficient (Wildman–Crippen LogP) is 2.89. The molecule has 0 saturated carbocycles. The summed E-state index contributed by atoms with van der Waals surface area (Å²) in [6.45, 7) is 3.85. The first-order chi connectivity index (χ1) is 10.9. The lowest BCUT2D eigenvalue weighted by molar-refractivity contribution is -0.120. The van der Waals surface area contributed by atoms with Crippen molar-refractivity contribution >= 4 is 11.6 Å². The minimum Gasteiger partial charge on any atom is -0.503 e. The molecule has 0 radical (unpaired) electrons. The van der Waals surface area contributed by atoms with Gasteiger partial charge in [-0.1, -0.05) is 19.9 Å². The lowest BCUT2D eigenvalue weighted by atomic mass is 9.96. The highest BCUT2D eigenvalue weighted by Crippen LogP contribution is 2.28. The fraction of sp³-hybridized carbons (Fsp3) is 0.444. The van der Waals surface area contributed by atoms with E-state index in [1.165, 1.54) is 0 Å². The number of aliphatic hydroxyl groups is 1. The van der Waals surface area contributed by atoms with Crippen molar-refractivity contribution < 1.29 is 19.4 Å². The number of rotatable bonds is 6. The second-order valence-corrected chi connectivity index (χ2v) is 5.64. The van der Waals surface area contributed by atoms with Crippen molar-refractivity contribution in [3.63, 3.8) is 0 Å². The fourth-order valence-electron chi connectivity index (χ4n) is 3.01. The Labute approximate surface area is 136 Å². The van der Waals surface area contributed by atoms with Crippen LogP contribution in [0.2, 0.25) is 0 Å². The van der Waals surface area contributed by atoms with Gasteiger partial charge in [0.15, 0.2) is 11.5 Å². The van der Waals surface area contributed by atoms with Crippen LogP contribution in [0.15, 0.2) is 29.7 Å². The third kappa shape index (κ3) is 3.09. The largest absolute Gasteiger partial charge is 0.503 e. The minimum absolute atomic E-state index is 0.0447. The molecule has 1 atom stereocenters. The topological polar surface area (TPSA) is 66.8 Å². The number of hydrogen-bond donors (Lipinski definition) is 1. The van der Waals surface area contributed by atoms with Gasteiger partial charge in [-0.05, 0) is 30.5 Å². The molecule has 1 unspecified atom stereocenters. The molecule has 1 aromatic carbocycles. The summed E-state index contributed by atoms with van der Waals surface area (Å²) in [6.07, 6.45) is 1.32. The highest BCUT2D eigenvalue weighted by Gasteiger charge is 2.38. The first-order valence-corrected chi connectivity index (χ1v) is 7.83. The Morgan fingerprint density at radius 2 is 2.00 bits per heavy atom. The number of ether oxygens (including phenoxy) is 1. The number of carbonyl (C=O) groups excluding carboxylic acids is 2. The maximum atomic E-state index is 12.7. The maximum absolute atomic E-state index is 12.7. The van der Waals surface area contributed by atoms with Crippen LogP contribution < -0.4 is 4.74 Å². The number of allylic oxidation sites excluding steroid dienone is 1. The van der Waals surface area contributed by atoms with Crippen LogP contribution in [-0.2, 0) is 11.2 Å². The number of carbonyl (C=O) groups is 2. The van der Waals surface area contributed by atoms with E-state index >= 15 is 0 Å². The summed E-state index contributed by atoms with van der Waals surface area (Å²) in [5, 5.41) is 9.92. The number of ketones is 2. The highest BCUT2D eigenvalue weighted by atomic mass is 16.5. The lowest BCUT2D eigenvalue weighted by Crippen LogP contribution is -2.33. The van der Waals surface area contributed by atoms with Crippen molar-refractivity contribution in [2.75, 3.05) is 14.2 Å². The van der Waals surface area contributed by atoms with E-state index in [9.17, 15) is 14.7 Å². The molecule has 2 rings (SSSR count). The molecule has 1 aliphatic rings. The van der Waals surface area contributed by atoms with Crippen molar-refractivity contribution in [2.24, 2.45) is 0 Å². The number of benzene rings is 1. The van der Waals surface area contributed by atoms with Gasteiger partial charge < -0.3 is 14.7 Å². The molecule has 1 heterocycles. The molecule has 5 heteroatoms. The average molecular weight is 317 g/mol. The molecule has 0 spiro atoms. The Kier molecular flexibility index (Phi) is 5.08. The molecule has 1 aromatic rings. The monoisotopic (exact) mass is 317 g/mol. The van der Waals surface area contributed by atoms with Gasteiger partial charge in [0.05, 0.1) is 12.8 Å². The fourth-order valence-corrected chi connectivity index (χ4v) is 3.01. The van der Waals surface area contributed by atoms with Crippen molar-refractivity contribution in [3.8, 4) is 5.75 Å². The molecular weight excluding hydrogens is 294 g/mol. The smallest absolute Gasteiger partial charge is 0.221 e. The van der Waals surface area contributed by atoms with Crippen molar-refractivity contribution in [1.82, 2.24) is 4.90 Å². The predicted molar refractivity (Wildman–Crippen MR) is 87.8 cm³/mol. The summed E-state index contributed by atoms with van der Waals surface area (Å²) >= 11 is 0. The summed E-state index contributed by atoms with van der Waals surface area (Å²) in [7, 11) is 3.29. The van der Waals surface area contributed by atoms with E-state index in [0.29, 0.717) is 23.4 Å². The Morgan fingerprint density at radius 1 is 1.30 bits per heavy atom. The van der Waals surface area contributed by atoms with E-state index in [0.717, 1.165) is 12.0 Å². The first-order valence-electron chi connectivity index (χ1n) is 7.83. The normalized spacial score (nSPS) is 17.8. The van der Waals surface area contributed by atoms with Crippen LogP contribution in [0.25, 0.3) is 0 Å². The Hall–Kier alpha value is -2.30. The van der Waals surface area contributed by atoms with Gasteiger partial charge in [0.1, 0.15) is 11.8 Å².